The zero-order chi connectivity index (χ0) is 20.9. The zero-order valence-electron chi connectivity index (χ0n) is 16.7. The number of benzene rings is 2. The predicted molar refractivity (Wildman–Crippen MR) is 115 cm³/mol. The highest BCUT2D eigenvalue weighted by Crippen LogP contribution is 2.60. The number of rotatable bonds is 9. The van der Waals surface area contributed by atoms with Gasteiger partial charge in [-0.25, -0.2) is 0 Å². The smallest absolute Gasteiger partial charge is 0.357 e. The lowest BCUT2D eigenvalue weighted by Crippen LogP contribution is -2.23. The molecule has 0 spiro atoms. The van der Waals surface area contributed by atoms with E-state index < -0.39 is 13.4 Å². The van der Waals surface area contributed by atoms with Crippen molar-refractivity contribution in [3.63, 3.8) is 0 Å². The average Bonchev–Trinajstić information content (AvgIpc) is 2.72. The van der Waals surface area contributed by atoms with E-state index in [1.54, 1.807) is 45.2 Å². The van der Waals surface area contributed by atoms with Gasteiger partial charge in [-0.2, -0.15) is 0 Å². The molecule has 0 aliphatic rings. The van der Waals surface area contributed by atoms with Crippen LogP contribution in [0.15, 0.2) is 59.4 Å². The number of fused-ring (bicyclic) bond motifs is 1. The molecule has 1 atom stereocenters. The first kappa shape index (κ1) is 21.1. The van der Waals surface area contributed by atoms with E-state index in [4.69, 9.17) is 13.8 Å². The second-order valence-electron chi connectivity index (χ2n) is 6.30. The second-order valence-corrected chi connectivity index (χ2v) is 8.41. The van der Waals surface area contributed by atoms with Crippen molar-refractivity contribution in [1.29, 1.82) is 0 Å². The average molecular weight is 416 g/mol. The SMILES string of the molecule is CCOP(=O)(OCC)C(Nc1ccccc1)c1cc2cc(OC)ccc2[nH]c1=O. The van der Waals surface area contributed by atoms with Gasteiger partial charge in [-0.1, -0.05) is 18.2 Å². The Morgan fingerprint density at radius 2 is 1.72 bits per heavy atom. The fourth-order valence-electron chi connectivity index (χ4n) is 3.10. The number of anilines is 1. The van der Waals surface area contributed by atoms with E-state index in [0.717, 1.165) is 5.39 Å². The van der Waals surface area contributed by atoms with Crippen LogP contribution in [-0.4, -0.2) is 25.3 Å². The van der Waals surface area contributed by atoms with Crippen LogP contribution in [0, 0.1) is 0 Å². The van der Waals surface area contributed by atoms with E-state index in [2.05, 4.69) is 10.3 Å². The molecule has 29 heavy (non-hydrogen) atoms. The summed E-state index contributed by atoms with van der Waals surface area (Å²) in [6, 6.07) is 16.3. The lowest BCUT2D eigenvalue weighted by molar-refractivity contribution is 0.214. The monoisotopic (exact) mass is 416 g/mol. The van der Waals surface area contributed by atoms with Crippen LogP contribution >= 0.6 is 7.60 Å². The van der Waals surface area contributed by atoms with Gasteiger partial charge in [0.25, 0.3) is 5.56 Å². The highest BCUT2D eigenvalue weighted by Gasteiger charge is 2.39. The molecular weight excluding hydrogens is 391 g/mol. The molecule has 154 valence electrons. The topological polar surface area (TPSA) is 89.7 Å². The number of ether oxygens (including phenoxy) is 1. The Labute approximate surface area is 169 Å². The Morgan fingerprint density at radius 1 is 1.03 bits per heavy atom. The van der Waals surface area contributed by atoms with Crippen LogP contribution in [0.25, 0.3) is 10.9 Å². The summed E-state index contributed by atoms with van der Waals surface area (Å²) in [6.45, 7) is 3.84. The van der Waals surface area contributed by atoms with Crippen LogP contribution in [0.2, 0.25) is 0 Å². The number of nitrogens with one attached hydrogen (secondary N) is 2. The number of hydrogen-bond acceptors (Lipinski definition) is 6. The van der Waals surface area contributed by atoms with Crippen LogP contribution in [0.3, 0.4) is 0 Å². The summed E-state index contributed by atoms with van der Waals surface area (Å²) in [5, 5.41) is 3.92. The fourth-order valence-corrected chi connectivity index (χ4v) is 5.03. The maximum absolute atomic E-state index is 13.6. The summed E-state index contributed by atoms with van der Waals surface area (Å²) in [4.78, 5) is 15.8. The summed E-state index contributed by atoms with van der Waals surface area (Å²) in [5.74, 6) is -0.329. The first-order valence-electron chi connectivity index (χ1n) is 9.42. The third-order valence-electron chi connectivity index (χ3n) is 4.39. The Bertz CT molecular complexity index is 1060. The van der Waals surface area contributed by atoms with Crippen molar-refractivity contribution < 1.29 is 18.3 Å². The van der Waals surface area contributed by atoms with Gasteiger partial charge in [0, 0.05) is 16.6 Å². The summed E-state index contributed by atoms with van der Waals surface area (Å²) >= 11 is 0. The molecule has 0 aliphatic heterocycles. The van der Waals surface area contributed by atoms with Gasteiger partial charge in [0.05, 0.1) is 25.9 Å². The van der Waals surface area contributed by atoms with Crippen LogP contribution < -0.4 is 15.6 Å². The summed E-state index contributed by atoms with van der Waals surface area (Å²) in [5.41, 5.74) is 1.25. The molecule has 8 heteroatoms. The third kappa shape index (κ3) is 4.70. The first-order chi connectivity index (χ1) is 14.0. The summed E-state index contributed by atoms with van der Waals surface area (Å²) < 4.78 is 30.1. The number of pyridine rings is 1. The number of aromatic nitrogens is 1. The maximum atomic E-state index is 13.6. The molecule has 0 aliphatic carbocycles. The van der Waals surface area contributed by atoms with Gasteiger partial charge in [-0.05, 0) is 50.2 Å². The quantitative estimate of drug-likeness (QED) is 0.482. The van der Waals surface area contributed by atoms with Crippen molar-refractivity contribution in [3.05, 3.63) is 70.5 Å². The van der Waals surface area contributed by atoms with Crippen molar-refractivity contribution in [2.45, 2.75) is 19.6 Å². The molecule has 7 nitrogen and oxygen atoms in total. The molecule has 1 unspecified atom stereocenters. The van der Waals surface area contributed by atoms with Gasteiger partial charge in [-0.15, -0.1) is 0 Å². The summed E-state index contributed by atoms with van der Waals surface area (Å²) in [7, 11) is -2.13. The molecule has 0 bridgehead atoms. The molecule has 2 N–H and O–H groups in total. The van der Waals surface area contributed by atoms with Crippen LogP contribution in [0.1, 0.15) is 25.2 Å². The Morgan fingerprint density at radius 3 is 2.34 bits per heavy atom. The van der Waals surface area contributed by atoms with E-state index in [-0.39, 0.29) is 24.3 Å². The van der Waals surface area contributed by atoms with Crippen molar-refractivity contribution >= 4 is 24.2 Å². The third-order valence-corrected chi connectivity index (χ3v) is 6.66. The highest BCUT2D eigenvalue weighted by atomic mass is 31.2. The van der Waals surface area contributed by atoms with Crippen LogP contribution in [0.4, 0.5) is 5.69 Å². The van der Waals surface area contributed by atoms with Crippen LogP contribution in [-0.2, 0) is 13.6 Å². The summed E-state index contributed by atoms with van der Waals surface area (Å²) in [6.07, 6.45) is 0. The van der Waals surface area contributed by atoms with Gasteiger partial charge >= 0.3 is 7.60 Å². The van der Waals surface area contributed by atoms with E-state index in [1.165, 1.54) is 0 Å². The largest absolute Gasteiger partial charge is 0.497 e. The molecule has 0 radical (unpaired) electrons. The zero-order valence-corrected chi connectivity index (χ0v) is 17.6. The fraction of sp³-hybridized carbons (Fsp3) is 0.286. The van der Waals surface area contributed by atoms with E-state index in [1.807, 2.05) is 30.3 Å². The van der Waals surface area contributed by atoms with Crippen molar-refractivity contribution in [1.82, 2.24) is 4.98 Å². The van der Waals surface area contributed by atoms with E-state index >= 15 is 0 Å². The Balaban J connectivity index is 2.17. The number of aromatic amines is 1. The molecule has 1 heterocycles. The van der Waals surface area contributed by atoms with Gasteiger partial charge < -0.3 is 24.1 Å². The Kier molecular flexibility index (Phi) is 6.75. The predicted octanol–water partition coefficient (Wildman–Crippen LogP) is 4.91. The number of H-pyrrole nitrogens is 1. The van der Waals surface area contributed by atoms with E-state index in [0.29, 0.717) is 17.0 Å². The minimum atomic E-state index is -3.70. The number of para-hydroxylation sites is 1. The molecule has 0 fully saturated rings. The van der Waals surface area contributed by atoms with Crippen molar-refractivity contribution in [2.75, 3.05) is 25.6 Å². The molecule has 2 aromatic carbocycles. The van der Waals surface area contributed by atoms with Gasteiger partial charge in [0.2, 0.25) is 0 Å². The first-order valence-corrected chi connectivity index (χ1v) is 11.0. The van der Waals surface area contributed by atoms with Gasteiger partial charge in [0.15, 0.2) is 5.78 Å². The van der Waals surface area contributed by atoms with E-state index in [9.17, 15) is 9.36 Å². The molecule has 3 rings (SSSR count). The Hall–Kier alpha value is -2.60. The molecule has 0 saturated heterocycles. The van der Waals surface area contributed by atoms with Crippen molar-refractivity contribution in [2.24, 2.45) is 0 Å². The minimum Gasteiger partial charge on any atom is -0.497 e. The highest BCUT2D eigenvalue weighted by molar-refractivity contribution is 7.54. The van der Waals surface area contributed by atoms with Gasteiger partial charge in [-0.3, -0.25) is 9.36 Å². The van der Waals surface area contributed by atoms with Crippen LogP contribution in [0.5, 0.6) is 5.75 Å². The minimum absolute atomic E-state index is 0.184. The molecular formula is C21H25N2O5P. The second kappa shape index (κ2) is 9.27. The normalized spacial score (nSPS) is 12.7. The standard InChI is InChI=1S/C21H25N2O5P/c1-4-27-29(25,28-5-2)21(22-16-9-7-6-8-10-16)18-14-15-13-17(26-3)11-12-19(15)23-20(18)24/h6-14,21-22H,4-5H2,1-3H3,(H,23,24). The molecule has 1 aromatic heterocycles. The maximum Gasteiger partial charge on any atom is 0.357 e. The molecule has 3 aromatic rings. The van der Waals surface area contributed by atoms with Gasteiger partial charge in [0.1, 0.15) is 5.75 Å². The number of hydrogen-bond donors (Lipinski definition) is 2. The molecule has 0 saturated carbocycles. The lowest BCUT2D eigenvalue weighted by atomic mass is 10.1. The number of methoxy groups -OCH3 is 1. The van der Waals surface area contributed by atoms with Crippen molar-refractivity contribution in [3.8, 4) is 5.75 Å². The molecule has 0 amide bonds. The lowest BCUT2D eigenvalue weighted by Gasteiger charge is -2.27.